The van der Waals surface area contributed by atoms with E-state index in [0.29, 0.717) is 11.9 Å². The number of alkyl carbamates (subject to hydrolysis) is 1. The van der Waals surface area contributed by atoms with Crippen molar-refractivity contribution in [2.24, 2.45) is 5.73 Å². The zero-order valence-corrected chi connectivity index (χ0v) is 8.76. The summed E-state index contributed by atoms with van der Waals surface area (Å²) in [5, 5.41) is 2.39. The Morgan fingerprint density at radius 3 is 2.50 bits per heavy atom. The van der Waals surface area contributed by atoms with Crippen LogP contribution >= 0.6 is 0 Å². The largest absolute Gasteiger partial charge is 0.444 e. The molecule has 14 heavy (non-hydrogen) atoms. The van der Waals surface area contributed by atoms with Gasteiger partial charge < -0.3 is 15.8 Å². The average molecular weight is 204 g/mol. The van der Waals surface area contributed by atoms with Gasteiger partial charge in [0.15, 0.2) is 0 Å². The lowest BCUT2D eigenvalue weighted by Gasteiger charge is -2.19. The van der Waals surface area contributed by atoms with Gasteiger partial charge >= 0.3 is 6.09 Å². The van der Waals surface area contributed by atoms with E-state index < -0.39 is 11.7 Å². The first kappa shape index (κ1) is 12.9. The highest BCUT2D eigenvalue weighted by molar-refractivity contribution is 5.68. The van der Waals surface area contributed by atoms with Crippen molar-refractivity contribution in [3.8, 4) is 0 Å². The van der Waals surface area contributed by atoms with Crippen LogP contribution in [0.1, 0.15) is 20.8 Å². The standard InChI is InChI=1S/C9H17FN2O2/c1-9(2,3)14-8(13)12-6-7(4-10)5-11/h4H,5-6,11H2,1-3H3,(H,12,13)/b7-4+. The van der Waals surface area contributed by atoms with Crippen molar-refractivity contribution in [2.75, 3.05) is 13.1 Å². The highest BCUT2D eigenvalue weighted by Gasteiger charge is 2.15. The van der Waals surface area contributed by atoms with Gasteiger partial charge in [-0.05, 0) is 26.3 Å². The van der Waals surface area contributed by atoms with Crippen LogP contribution in [0.15, 0.2) is 11.9 Å². The van der Waals surface area contributed by atoms with Crippen molar-refractivity contribution in [3.05, 3.63) is 11.9 Å². The van der Waals surface area contributed by atoms with Crippen LogP contribution in [0.4, 0.5) is 9.18 Å². The van der Waals surface area contributed by atoms with Gasteiger partial charge in [0.1, 0.15) is 5.60 Å². The summed E-state index contributed by atoms with van der Waals surface area (Å²) in [6.07, 6.45) is -0.192. The minimum Gasteiger partial charge on any atom is -0.444 e. The lowest BCUT2D eigenvalue weighted by Crippen LogP contribution is -2.34. The van der Waals surface area contributed by atoms with E-state index in [1.165, 1.54) is 0 Å². The van der Waals surface area contributed by atoms with Crippen LogP contribution in [0.3, 0.4) is 0 Å². The van der Waals surface area contributed by atoms with Crippen molar-refractivity contribution < 1.29 is 13.9 Å². The first-order valence-corrected chi connectivity index (χ1v) is 4.34. The Morgan fingerprint density at radius 2 is 2.14 bits per heavy atom. The summed E-state index contributed by atoms with van der Waals surface area (Å²) in [7, 11) is 0. The van der Waals surface area contributed by atoms with Gasteiger partial charge in [-0.2, -0.15) is 0 Å². The van der Waals surface area contributed by atoms with Crippen LogP contribution < -0.4 is 11.1 Å². The molecule has 5 heteroatoms. The van der Waals surface area contributed by atoms with E-state index in [-0.39, 0.29) is 13.1 Å². The maximum Gasteiger partial charge on any atom is 0.407 e. The van der Waals surface area contributed by atoms with Gasteiger partial charge in [0.05, 0.1) is 6.33 Å². The van der Waals surface area contributed by atoms with Crippen molar-refractivity contribution in [1.29, 1.82) is 0 Å². The Balaban J connectivity index is 3.86. The van der Waals surface area contributed by atoms with E-state index >= 15 is 0 Å². The second-order valence-electron chi connectivity index (χ2n) is 3.83. The van der Waals surface area contributed by atoms with Gasteiger partial charge in [-0.15, -0.1) is 0 Å². The molecular weight excluding hydrogens is 187 g/mol. The predicted octanol–water partition coefficient (Wildman–Crippen LogP) is 1.32. The van der Waals surface area contributed by atoms with Crippen molar-refractivity contribution in [3.63, 3.8) is 0 Å². The molecule has 3 N–H and O–H groups in total. The topological polar surface area (TPSA) is 64.3 Å². The van der Waals surface area contributed by atoms with Gasteiger partial charge in [-0.1, -0.05) is 0 Å². The molecule has 0 heterocycles. The first-order valence-electron chi connectivity index (χ1n) is 4.34. The fourth-order valence-electron chi connectivity index (χ4n) is 0.655. The molecule has 0 atom stereocenters. The third-order valence-corrected chi connectivity index (χ3v) is 1.28. The van der Waals surface area contributed by atoms with Crippen LogP contribution in [0.5, 0.6) is 0 Å². The highest BCUT2D eigenvalue weighted by Crippen LogP contribution is 2.06. The number of rotatable bonds is 3. The molecule has 0 aromatic carbocycles. The van der Waals surface area contributed by atoms with Crippen molar-refractivity contribution >= 4 is 6.09 Å². The third kappa shape index (κ3) is 6.42. The van der Waals surface area contributed by atoms with Gasteiger partial charge in [-0.25, -0.2) is 9.18 Å². The van der Waals surface area contributed by atoms with E-state index in [0.717, 1.165) is 0 Å². The molecule has 82 valence electrons. The minimum atomic E-state index is -0.578. The molecule has 0 aliphatic carbocycles. The summed E-state index contributed by atoms with van der Waals surface area (Å²) < 4.78 is 16.9. The van der Waals surface area contributed by atoms with Crippen LogP contribution in [-0.2, 0) is 4.74 Å². The molecule has 0 aliphatic rings. The van der Waals surface area contributed by atoms with Crippen LogP contribution in [-0.4, -0.2) is 24.8 Å². The molecule has 0 fully saturated rings. The Bertz CT molecular complexity index is 221. The molecule has 1 amide bonds. The minimum absolute atomic E-state index is 0.0713. The van der Waals surface area contributed by atoms with E-state index in [9.17, 15) is 9.18 Å². The van der Waals surface area contributed by atoms with Crippen LogP contribution in [0.25, 0.3) is 0 Å². The van der Waals surface area contributed by atoms with E-state index in [4.69, 9.17) is 10.5 Å². The summed E-state index contributed by atoms with van der Waals surface area (Å²) in [4.78, 5) is 11.1. The number of halogens is 1. The number of ether oxygens (including phenoxy) is 1. The van der Waals surface area contributed by atoms with E-state index in [1.54, 1.807) is 20.8 Å². The fourth-order valence-corrected chi connectivity index (χ4v) is 0.655. The second-order valence-corrected chi connectivity index (χ2v) is 3.83. The molecule has 0 aromatic heterocycles. The highest BCUT2D eigenvalue weighted by atomic mass is 19.1. The fraction of sp³-hybridized carbons (Fsp3) is 0.667. The van der Waals surface area contributed by atoms with Gasteiger partial charge in [-0.3, -0.25) is 0 Å². The lowest BCUT2D eigenvalue weighted by atomic mass is 10.2. The molecule has 0 rings (SSSR count). The van der Waals surface area contributed by atoms with E-state index in [1.807, 2.05) is 0 Å². The quantitative estimate of drug-likeness (QED) is 0.728. The first-order chi connectivity index (χ1) is 6.39. The maximum atomic E-state index is 12.0. The lowest BCUT2D eigenvalue weighted by molar-refractivity contribution is 0.0532. The molecule has 0 radical (unpaired) electrons. The molecule has 4 nitrogen and oxygen atoms in total. The zero-order chi connectivity index (χ0) is 11.2. The molecule has 0 bridgehead atoms. The maximum absolute atomic E-state index is 12.0. The SMILES string of the molecule is CC(C)(C)OC(=O)NC/C(=C/F)CN. The monoisotopic (exact) mass is 204 g/mol. The number of carbonyl (C=O) groups excluding carboxylic acids is 1. The van der Waals surface area contributed by atoms with Crippen molar-refractivity contribution in [2.45, 2.75) is 26.4 Å². The summed E-state index contributed by atoms with van der Waals surface area (Å²) in [6.45, 7) is 5.40. The zero-order valence-electron chi connectivity index (χ0n) is 8.76. The number of hydrogen-bond acceptors (Lipinski definition) is 3. The molecule has 0 unspecified atom stereocenters. The Hall–Kier alpha value is -1.10. The number of hydrogen-bond donors (Lipinski definition) is 2. The molecule has 0 aliphatic heterocycles. The normalized spacial score (nSPS) is 12.5. The number of nitrogens with two attached hydrogens (primary N) is 1. The molecule has 0 saturated heterocycles. The van der Waals surface area contributed by atoms with Crippen LogP contribution in [0, 0.1) is 0 Å². The molecular formula is C9H17FN2O2. The van der Waals surface area contributed by atoms with Gasteiger partial charge in [0.25, 0.3) is 0 Å². The van der Waals surface area contributed by atoms with Gasteiger partial charge in [0, 0.05) is 13.1 Å². The Morgan fingerprint density at radius 1 is 1.57 bits per heavy atom. The summed E-state index contributed by atoms with van der Waals surface area (Å²) in [5.74, 6) is 0. The third-order valence-electron chi connectivity index (χ3n) is 1.28. The van der Waals surface area contributed by atoms with Crippen molar-refractivity contribution in [1.82, 2.24) is 5.32 Å². The number of nitrogens with one attached hydrogen (secondary N) is 1. The summed E-state index contributed by atoms with van der Waals surface area (Å²) >= 11 is 0. The Kier molecular flexibility index (Phi) is 5.15. The van der Waals surface area contributed by atoms with Crippen LogP contribution in [0.2, 0.25) is 0 Å². The Labute approximate surface area is 83.3 Å². The average Bonchev–Trinajstić information content (AvgIpc) is 2.03. The molecule has 0 aromatic rings. The van der Waals surface area contributed by atoms with Gasteiger partial charge in [0.2, 0.25) is 0 Å². The summed E-state index contributed by atoms with van der Waals surface area (Å²) in [6, 6.07) is 0. The molecule has 0 saturated carbocycles. The number of carbonyl (C=O) groups is 1. The molecule has 0 spiro atoms. The number of amides is 1. The summed E-state index contributed by atoms with van der Waals surface area (Å²) in [5.41, 5.74) is 4.96. The smallest absolute Gasteiger partial charge is 0.407 e. The second kappa shape index (κ2) is 5.59. The van der Waals surface area contributed by atoms with E-state index in [2.05, 4.69) is 5.32 Å². The predicted molar refractivity (Wildman–Crippen MR) is 52.5 cm³/mol.